The maximum atomic E-state index is 9.51. The first-order valence-electron chi connectivity index (χ1n) is 11.6. The van der Waals surface area contributed by atoms with Crippen LogP contribution in [0.4, 0.5) is 5.69 Å². The van der Waals surface area contributed by atoms with E-state index in [0.29, 0.717) is 12.3 Å². The number of rotatable bonds is 10. The highest BCUT2D eigenvalue weighted by molar-refractivity contribution is 6.17. The van der Waals surface area contributed by atoms with Gasteiger partial charge in [0.05, 0.1) is 18.8 Å². The molecule has 6 nitrogen and oxygen atoms in total. The Morgan fingerprint density at radius 3 is 2.52 bits per heavy atom. The molecule has 0 spiro atoms. The van der Waals surface area contributed by atoms with E-state index >= 15 is 0 Å². The van der Waals surface area contributed by atoms with Gasteiger partial charge in [0, 0.05) is 43.8 Å². The Hall–Kier alpha value is -1.76. The molecule has 0 bridgehead atoms. The first-order valence-corrected chi connectivity index (χ1v) is 12.1. The second-order valence-electron chi connectivity index (χ2n) is 7.33. The van der Waals surface area contributed by atoms with Gasteiger partial charge in [0.1, 0.15) is 12.0 Å². The lowest BCUT2D eigenvalue weighted by molar-refractivity contribution is -0.107. The Morgan fingerprint density at radius 1 is 1.26 bits per heavy atom. The van der Waals surface area contributed by atoms with Gasteiger partial charge in [0.25, 0.3) is 0 Å². The number of likely N-dealkylation sites (tertiary alicyclic amines) is 1. The molecule has 2 N–H and O–H groups in total. The van der Waals surface area contributed by atoms with Crippen molar-refractivity contribution < 1.29 is 9.53 Å². The average molecular weight is 453 g/mol. The number of halogens is 1. The molecule has 1 aromatic carbocycles. The number of hydrazine groups is 1. The van der Waals surface area contributed by atoms with Crippen LogP contribution in [0, 0.1) is 0 Å². The lowest BCUT2D eigenvalue weighted by atomic mass is 10.2. The third kappa shape index (κ3) is 10.4. The molecule has 7 heteroatoms. The molecule has 0 aromatic heterocycles. The van der Waals surface area contributed by atoms with Crippen LogP contribution in [0.1, 0.15) is 52.9 Å². The van der Waals surface area contributed by atoms with Gasteiger partial charge >= 0.3 is 0 Å². The summed E-state index contributed by atoms with van der Waals surface area (Å²) in [6.07, 6.45) is 8.15. The molecule has 1 unspecified atom stereocenters. The first-order chi connectivity index (χ1) is 15.2. The number of hydrogen-bond acceptors (Lipinski definition) is 6. The highest BCUT2D eigenvalue weighted by atomic mass is 35.5. The van der Waals surface area contributed by atoms with E-state index in [1.165, 1.54) is 25.1 Å². The van der Waals surface area contributed by atoms with Crippen LogP contribution in [0.2, 0.25) is 0 Å². The van der Waals surface area contributed by atoms with Crippen molar-refractivity contribution in [1.82, 2.24) is 15.6 Å². The van der Waals surface area contributed by atoms with Gasteiger partial charge < -0.3 is 19.7 Å². The van der Waals surface area contributed by atoms with Gasteiger partial charge in [-0.05, 0) is 63.4 Å². The molecule has 0 amide bonds. The van der Waals surface area contributed by atoms with E-state index in [1.54, 1.807) is 0 Å². The summed E-state index contributed by atoms with van der Waals surface area (Å²) in [6.45, 7) is 10.3. The zero-order valence-electron chi connectivity index (χ0n) is 19.7. The Bertz CT molecular complexity index is 625. The minimum atomic E-state index is 0.596. The smallest absolute Gasteiger partial charge is 0.120 e. The lowest BCUT2D eigenvalue weighted by Gasteiger charge is -2.20. The van der Waals surface area contributed by atoms with Crippen molar-refractivity contribution in [3.8, 4) is 5.75 Å². The third-order valence-corrected chi connectivity index (χ3v) is 5.43. The highest BCUT2D eigenvalue weighted by Crippen LogP contribution is 2.21. The average Bonchev–Trinajstić information content (AvgIpc) is 3.46. The Kier molecular flexibility index (Phi) is 14.8. The molecule has 0 radical (unpaired) electrons. The predicted molar refractivity (Wildman–Crippen MR) is 132 cm³/mol. The van der Waals surface area contributed by atoms with Crippen molar-refractivity contribution in [3.63, 3.8) is 0 Å². The summed E-state index contributed by atoms with van der Waals surface area (Å²) in [6, 6.07) is 9.00. The molecule has 1 fully saturated rings. The van der Waals surface area contributed by atoms with Gasteiger partial charge in [0.15, 0.2) is 0 Å². The lowest BCUT2D eigenvalue weighted by Crippen LogP contribution is -2.29. The minimum absolute atomic E-state index is 0.596. The number of nitrogens with one attached hydrogen (secondary N) is 2. The van der Waals surface area contributed by atoms with Crippen LogP contribution in [-0.4, -0.2) is 56.4 Å². The molecule has 3 rings (SSSR count). The zero-order chi connectivity index (χ0) is 22.9. The Labute approximate surface area is 193 Å². The number of ether oxygens (including phenoxy) is 1. The van der Waals surface area contributed by atoms with E-state index in [9.17, 15) is 4.79 Å². The number of unbranched alkanes of at least 4 members (excludes halogenated alkanes) is 1. The third-order valence-electron chi connectivity index (χ3n) is 5.17. The molecule has 176 valence electrons. The number of carbonyl (C=O) groups is 1. The van der Waals surface area contributed by atoms with Crippen molar-refractivity contribution in [3.05, 3.63) is 36.2 Å². The molecule has 2 heterocycles. The number of aldehydes is 1. The summed E-state index contributed by atoms with van der Waals surface area (Å²) >= 11 is 5.22. The first kappa shape index (κ1) is 27.3. The van der Waals surface area contributed by atoms with Crippen molar-refractivity contribution in [2.24, 2.45) is 0 Å². The standard InChI is InChI=1S/C18H28N4O.C4H7ClO.C2H6/c1-15-5-3-10-21(15)11-4-12-23-18-8-6-17(7-9-18)22-14-16(19-2)13-20-22;5-3-1-2-4-6;1-2/h6-9,14-15,19-20H,3-5,10-13H2,1-2H3;4H,1-3H2;1-2H3. The van der Waals surface area contributed by atoms with Crippen LogP contribution in [0.15, 0.2) is 36.2 Å². The van der Waals surface area contributed by atoms with E-state index in [0.717, 1.165) is 56.3 Å². The largest absolute Gasteiger partial charge is 0.494 e. The van der Waals surface area contributed by atoms with Crippen LogP contribution in [0.5, 0.6) is 5.75 Å². The Morgan fingerprint density at radius 2 is 2.00 bits per heavy atom. The SMILES string of the molecule is CC.CNC1=CN(c2ccc(OCCCN3CCCC3C)cc2)NC1.O=CCCCCl. The summed E-state index contributed by atoms with van der Waals surface area (Å²) in [5, 5.41) is 5.20. The number of alkyl halides is 1. The van der Waals surface area contributed by atoms with Gasteiger partial charge in [-0.3, -0.25) is 5.01 Å². The summed E-state index contributed by atoms with van der Waals surface area (Å²) in [7, 11) is 1.94. The molecule has 0 aliphatic carbocycles. The van der Waals surface area contributed by atoms with E-state index in [4.69, 9.17) is 16.3 Å². The molecule has 0 saturated carbocycles. The summed E-state index contributed by atoms with van der Waals surface area (Å²) in [5.74, 6) is 1.54. The Balaban J connectivity index is 0.000000521. The van der Waals surface area contributed by atoms with Gasteiger partial charge in [0.2, 0.25) is 0 Å². The van der Waals surface area contributed by atoms with Crippen molar-refractivity contribution in [1.29, 1.82) is 0 Å². The van der Waals surface area contributed by atoms with Gasteiger partial charge in [-0.15, -0.1) is 11.6 Å². The predicted octanol–water partition coefficient (Wildman–Crippen LogP) is 4.56. The highest BCUT2D eigenvalue weighted by Gasteiger charge is 2.19. The molecule has 2 aliphatic rings. The molecule has 1 aromatic rings. The van der Waals surface area contributed by atoms with Crippen LogP contribution in [0.25, 0.3) is 0 Å². The van der Waals surface area contributed by atoms with Crippen molar-refractivity contribution >= 4 is 23.6 Å². The van der Waals surface area contributed by atoms with Crippen LogP contribution >= 0.6 is 11.6 Å². The zero-order valence-corrected chi connectivity index (χ0v) is 20.5. The number of carbonyl (C=O) groups excluding carboxylic acids is 1. The van der Waals surface area contributed by atoms with Crippen LogP contribution in [-0.2, 0) is 4.79 Å². The summed E-state index contributed by atoms with van der Waals surface area (Å²) < 4.78 is 5.87. The number of nitrogens with zero attached hydrogens (tertiary/aromatic N) is 2. The summed E-state index contributed by atoms with van der Waals surface area (Å²) in [4.78, 5) is 12.1. The fourth-order valence-electron chi connectivity index (χ4n) is 3.38. The molecule has 1 atom stereocenters. The van der Waals surface area contributed by atoms with Crippen LogP contribution < -0.4 is 20.5 Å². The van der Waals surface area contributed by atoms with E-state index < -0.39 is 0 Å². The fraction of sp³-hybridized carbons (Fsp3) is 0.625. The quantitative estimate of drug-likeness (QED) is 0.308. The van der Waals surface area contributed by atoms with Crippen molar-refractivity contribution in [2.75, 3.05) is 44.2 Å². The molecular formula is C24H41ClN4O2. The maximum absolute atomic E-state index is 9.51. The topological polar surface area (TPSA) is 56.8 Å². The minimum Gasteiger partial charge on any atom is -0.494 e. The van der Waals surface area contributed by atoms with Gasteiger partial charge in [-0.25, -0.2) is 5.43 Å². The van der Waals surface area contributed by atoms with Crippen molar-refractivity contribution in [2.45, 2.75) is 58.9 Å². The van der Waals surface area contributed by atoms with E-state index in [-0.39, 0.29) is 0 Å². The number of benzene rings is 1. The van der Waals surface area contributed by atoms with Crippen LogP contribution in [0.3, 0.4) is 0 Å². The number of anilines is 1. The second-order valence-corrected chi connectivity index (χ2v) is 7.71. The molecular weight excluding hydrogens is 412 g/mol. The van der Waals surface area contributed by atoms with E-state index in [2.05, 4.69) is 40.9 Å². The molecule has 1 saturated heterocycles. The monoisotopic (exact) mass is 452 g/mol. The maximum Gasteiger partial charge on any atom is 0.120 e. The number of hydrogen-bond donors (Lipinski definition) is 2. The normalized spacial score (nSPS) is 17.8. The summed E-state index contributed by atoms with van der Waals surface area (Å²) in [5.41, 5.74) is 5.61. The van der Waals surface area contributed by atoms with Gasteiger partial charge in [-0.1, -0.05) is 13.8 Å². The number of likely N-dealkylation sites (N-methyl/N-ethyl adjacent to an activating group) is 1. The fourth-order valence-corrected chi connectivity index (χ4v) is 3.54. The van der Waals surface area contributed by atoms with E-state index in [1.807, 2.05) is 38.0 Å². The molecule has 31 heavy (non-hydrogen) atoms. The van der Waals surface area contributed by atoms with Gasteiger partial charge in [-0.2, -0.15) is 0 Å². The second kappa shape index (κ2) is 16.9. The molecule has 2 aliphatic heterocycles.